The number of hydrogen-bond acceptors (Lipinski definition) is 8. The molecule has 1 fully saturated rings. The molecule has 0 spiro atoms. The van der Waals surface area contributed by atoms with Crippen LogP contribution < -0.4 is 21.9 Å². The number of H-pyrrole nitrogens is 1. The molecule has 2 aromatic rings. The molecular formula is C20H25N5O4S. The van der Waals surface area contributed by atoms with Crippen molar-refractivity contribution in [2.45, 2.75) is 37.3 Å². The number of aromatic nitrogens is 2. The SMILES string of the molecule is CC(C)C(=O)Nc1nc(N[C@H]2CC[C@@H](COC(=O)c3ccccc3)S2)c(N)c(=O)[nH]1. The smallest absolute Gasteiger partial charge is 0.338 e. The molecule has 0 unspecified atom stereocenters. The van der Waals surface area contributed by atoms with E-state index in [0.717, 1.165) is 12.8 Å². The normalized spacial score (nSPS) is 18.2. The second-order valence-electron chi connectivity index (χ2n) is 7.25. The number of rotatable bonds is 7. The minimum Gasteiger partial charge on any atom is -0.461 e. The second kappa shape index (κ2) is 9.66. The van der Waals surface area contributed by atoms with Crippen LogP contribution in [0.5, 0.6) is 0 Å². The first-order chi connectivity index (χ1) is 14.3. The number of hydrogen-bond donors (Lipinski definition) is 4. The van der Waals surface area contributed by atoms with E-state index in [0.29, 0.717) is 12.2 Å². The van der Waals surface area contributed by atoms with E-state index in [4.69, 9.17) is 10.5 Å². The number of carbonyl (C=O) groups excluding carboxylic acids is 2. The lowest BCUT2D eigenvalue weighted by Crippen LogP contribution is -2.25. The van der Waals surface area contributed by atoms with Crippen LogP contribution in [0.3, 0.4) is 0 Å². The highest BCUT2D eigenvalue weighted by Gasteiger charge is 2.28. The average Bonchev–Trinajstić information content (AvgIpc) is 3.17. The molecule has 2 heterocycles. The summed E-state index contributed by atoms with van der Waals surface area (Å²) in [5.41, 5.74) is 5.81. The van der Waals surface area contributed by atoms with Gasteiger partial charge >= 0.3 is 5.97 Å². The molecule has 1 aliphatic rings. The summed E-state index contributed by atoms with van der Waals surface area (Å²) in [5.74, 6) is -0.596. The third-order valence-corrected chi connectivity index (χ3v) is 5.98. The van der Waals surface area contributed by atoms with Gasteiger partial charge in [-0.3, -0.25) is 19.9 Å². The number of aromatic amines is 1. The number of nitrogens with one attached hydrogen (secondary N) is 3. The molecule has 1 aliphatic heterocycles. The van der Waals surface area contributed by atoms with Crippen LogP contribution in [0.2, 0.25) is 0 Å². The zero-order valence-corrected chi connectivity index (χ0v) is 17.6. The standard InChI is InChI=1S/C20H25N5O4S/c1-11(2)17(26)24-20-23-16(15(21)18(27)25-20)22-14-9-8-13(30-14)10-29-19(28)12-6-4-3-5-7-12/h3-7,11,13-14H,8-10,21H2,1-2H3,(H3,22,23,24,25,26,27)/t13-,14+/m0/s1. The van der Waals surface area contributed by atoms with Crippen molar-refractivity contribution in [3.05, 3.63) is 46.2 Å². The van der Waals surface area contributed by atoms with Gasteiger partial charge < -0.3 is 15.8 Å². The molecule has 1 aromatic heterocycles. The molecule has 3 rings (SSSR count). The van der Waals surface area contributed by atoms with Crippen molar-refractivity contribution >= 4 is 41.1 Å². The molecule has 0 bridgehead atoms. The molecule has 1 amide bonds. The number of benzene rings is 1. The fraction of sp³-hybridized carbons (Fsp3) is 0.400. The third-order valence-electron chi connectivity index (χ3n) is 4.54. The molecule has 1 aromatic carbocycles. The Labute approximate surface area is 178 Å². The van der Waals surface area contributed by atoms with E-state index in [1.807, 2.05) is 6.07 Å². The highest BCUT2D eigenvalue weighted by Crippen LogP contribution is 2.35. The van der Waals surface area contributed by atoms with Gasteiger partial charge in [-0.1, -0.05) is 32.0 Å². The minimum absolute atomic E-state index is 0.0444. The van der Waals surface area contributed by atoms with Gasteiger partial charge in [-0.05, 0) is 25.0 Å². The molecule has 0 aliphatic carbocycles. The Morgan fingerprint density at radius 1 is 1.30 bits per heavy atom. The quantitative estimate of drug-likeness (QED) is 0.490. The highest BCUT2D eigenvalue weighted by molar-refractivity contribution is 8.00. The van der Waals surface area contributed by atoms with Gasteiger partial charge in [0, 0.05) is 11.2 Å². The van der Waals surface area contributed by atoms with Gasteiger partial charge in [0.1, 0.15) is 12.3 Å². The van der Waals surface area contributed by atoms with Crippen molar-refractivity contribution in [3.8, 4) is 0 Å². The maximum atomic E-state index is 12.1. The largest absolute Gasteiger partial charge is 0.461 e. The molecular weight excluding hydrogens is 406 g/mol. The number of nitrogens with zero attached hydrogens (tertiary/aromatic N) is 1. The van der Waals surface area contributed by atoms with Gasteiger partial charge in [-0.25, -0.2) is 4.79 Å². The number of carbonyl (C=O) groups is 2. The Hall–Kier alpha value is -3.01. The number of nitrogen functional groups attached to an aromatic ring is 1. The molecule has 160 valence electrons. The number of anilines is 3. The lowest BCUT2D eigenvalue weighted by atomic mass is 10.2. The van der Waals surface area contributed by atoms with Crippen molar-refractivity contribution in [3.63, 3.8) is 0 Å². The lowest BCUT2D eigenvalue weighted by molar-refractivity contribution is -0.118. The molecule has 0 saturated carbocycles. The second-order valence-corrected chi connectivity index (χ2v) is 8.76. The summed E-state index contributed by atoms with van der Waals surface area (Å²) < 4.78 is 5.41. The summed E-state index contributed by atoms with van der Waals surface area (Å²) in [6, 6.07) is 8.85. The maximum Gasteiger partial charge on any atom is 0.338 e. The van der Waals surface area contributed by atoms with Crippen molar-refractivity contribution in [2.75, 3.05) is 23.0 Å². The van der Waals surface area contributed by atoms with Gasteiger partial charge in [0.2, 0.25) is 11.9 Å². The van der Waals surface area contributed by atoms with Crippen LogP contribution in [-0.2, 0) is 9.53 Å². The van der Waals surface area contributed by atoms with Crippen LogP contribution in [-0.4, -0.2) is 39.1 Å². The molecule has 0 radical (unpaired) electrons. The first-order valence-electron chi connectivity index (χ1n) is 9.68. The minimum atomic E-state index is -0.525. The lowest BCUT2D eigenvalue weighted by Gasteiger charge is -2.16. The first-order valence-corrected chi connectivity index (χ1v) is 10.6. The number of ether oxygens (including phenoxy) is 1. The molecule has 30 heavy (non-hydrogen) atoms. The van der Waals surface area contributed by atoms with Gasteiger partial charge in [0.25, 0.3) is 5.56 Å². The fourth-order valence-electron chi connectivity index (χ4n) is 2.83. The summed E-state index contributed by atoms with van der Waals surface area (Å²) in [5, 5.41) is 5.80. The number of esters is 1. The van der Waals surface area contributed by atoms with E-state index < -0.39 is 5.56 Å². The molecule has 9 nitrogen and oxygen atoms in total. The molecule has 10 heteroatoms. The number of nitrogens with two attached hydrogens (primary N) is 1. The zero-order valence-electron chi connectivity index (χ0n) is 16.8. The van der Waals surface area contributed by atoms with Crippen molar-refractivity contribution in [1.29, 1.82) is 0 Å². The predicted molar refractivity (Wildman–Crippen MR) is 117 cm³/mol. The summed E-state index contributed by atoms with van der Waals surface area (Å²) in [6.45, 7) is 3.78. The third kappa shape index (κ3) is 5.53. The average molecular weight is 432 g/mol. The van der Waals surface area contributed by atoms with Crippen molar-refractivity contribution < 1.29 is 14.3 Å². The first kappa shape index (κ1) is 21.7. The van der Waals surface area contributed by atoms with E-state index in [-0.39, 0.29) is 45.9 Å². The Kier molecular flexibility index (Phi) is 6.99. The Morgan fingerprint density at radius 2 is 2.03 bits per heavy atom. The Bertz CT molecular complexity index is 963. The highest BCUT2D eigenvalue weighted by atomic mass is 32.2. The monoisotopic (exact) mass is 431 g/mol. The number of amides is 1. The fourth-order valence-corrected chi connectivity index (χ4v) is 4.16. The zero-order chi connectivity index (χ0) is 21.7. The summed E-state index contributed by atoms with van der Waals surface area (Å²) in [7, 11) is 0. The van der Waals surface area contributed by atoms with E-state index >= 15 is 0 Å². The topological polar surface area (TPSA) is 139 Å². The molecule has 5 N–H and O–H groups in total. The van der Waals surface area contributed by atoms with Crippen LogP contribution >= 0.6 is 11.8 Å². The van der Waals surface area contributed by atoms with E-state index in [9.17, 15) is 14.4 Å². The summed E-state index contributed by atoms with van der Waals surface area (Å²) in [6.07, 6.45) is 1.63. The summed E-state index contributed by atoms with van der Waals surface area (Å²) >= 11 is 1.60. The van der Waals surface area contributed by atoms with Gasteiger partial charge in [0.05, 0.1) is 10.9 Å². The van der Waals surface area contributed by atoms with Crippen LogP contribution in [0.4, 0.5) is 17.5 Å². The van der Waals surface area contributed by atoms with Gasteiger partial charge in [-0.2, -0.15) is 4.98 Å². The molecule has 1 saturated heterocycles. The number of thioether (sulfide) groups is 1. The van der Waals surface area contributed by atoms with E-state index in [2.05, 4.69) is 20.6 Å². The Balaban J connectivity index is 1.57. The van der Waals surface area contributed by atoms with Gasteiger partial charge in [-0.15, -0.1) is 11.8 Å². The summed E-state index contributed by atoms with van der Waals surface area (Å²) in [4.78, 5) is 42.7. The van der Waals surface area contributed by atoms with Crippen molar-refractivity contribution in [1.82, 2.24) is 9.97 Å². The maximum absolute atomic E-state index is 12.1. The van der Waals surface area contributed by atoms with Crippen LogP contribution in [0.25, 0.3) is 0 Å². The van der Waals surface area contributed by atoms with Crippen molar-refractivity contribution in [2.24, 2.45) is 5.92 Å². The predicted octanol–water partition coefficient (Wildman–Crippen LogP) is 2.44. The van der Waals surface area contributed by atoms with Crippen LogP contribution in [0, 0.1) is 5.92 Å². The van der Waals surface area contributed by atoms with E-state index in [1.54, 1.807) is 49.9 Å². The van der Waals surface area contributed by atoms with E-state index in [1.165, 1.54) is 0 Å². The van der Waals surface area contributed by atoms with Crippen LogP contribution in [0.1, 0.15) is 37.0 Å². The van der Waals surface area contributed by atoms with Crippen LogP contribution in [0.15, 0.2) is 35.1 Å². The van der Waals surface area contributed by atoms with Gasteiger partial charge in [0.15, 0.2) is 5.82 Å². The molecule has 2 atom stereocenters. The Morgan fingerprint density at radius 3 is 2.73 bits per heavy atom.